The lowest BCUT2D eigenvalue weighted by Gasteiger charge is -2.20. The highest BCUT2D eigenvalue weighted by Gasteiger charge is 2.22. The molecule has 1 aromatic carbocycles. The van der Waals surface area contributed by atoms with Crippen LogP contribution in [0.2, 0.25) is 0 Å². The van der Waals surface area contributed by atoms with E-state index in [1.165, 1.54) is 4.90 Å². The third-order valence-electron chi connectivity index (χ3n) is 3.16. The van der Waals surface area contributed by atoms with E-state index in [-0.39, 0.29) is 6.10 Å². The van der Waals surface area contributed by atoms with Crippen molar-refractivity contribution in [2.24, 2.45) is 4.99 Å². The molecule has 0 aromatic heterocycles. The quantitative estimate of drug-likeness (QED) is 0.376. The van der Waals surface area contributed by atoms with Gasteiger partial charge in [-0.3, -0.25) is 4.99 Å². The number of aliphatic imine (C=N–C) groups is 1. The number of rotatable bonds is 5. The number of hydrogen-bond acceptors (Lipinski definition) is 3. The molecule has 0 saturated carbocycles. The van der Waals surface area contributed by atoms with Crippen LogP contribution in [0.1, 0.15) is 13.3 Å². The fourth-order valence-corrected chi connectivity index (χ4v) is 2.96. The Bertz CT molecular complexity index is 424. The van der Waals surface area contributed by atoms with Gasteiger partial charge >= 0.3 is 0 Å². The van der Waals surface area contributed by atoms with Crippen molar-refractivity contribution in [3.05, 3.63) is 30.3 Å². The Labute approximate surface area is 125 Å². The molecular weight excluding hydrogens is 270 g/mol. The van der Waals surface area contributed by atoms with Gasteiger partial charge in [-0.15, -0.1) is 11.8 Å². The molecule has 1 heterocycles. The number of aliphatic hydroxyl groups excluding tert-OH is 1. The number of aliphatic hydroxyl groups is 1. The molecule has 20 heavy (non-hydrogen) atoms. The van der Waals surface area contributed by atoms with Gasteiger partial charge in [-0.2, -0.15) is 0 Å². The molecule has 0 aliphatic carbocycles. The molecule has 0 amide bonds. The minimum absolute atomic E-state index is 0.211. The van der Waals surface area contributed by atoms with E-state index in [1.807, 2.05) is 17.8 Å². The molecule has 1 aliphatic heterocycles. The highest BCUT2D eigenvalue weighted by atomic mass is 32.2. The zero-order valence-electron chi connectivity index (χ0n) is 12.0. The predicted octanol–water partition coefficient (Wildman–Crippen LogP) is 1.81. The topological polar surface area (TPSA) is 47.9 Å². The van der Waals surface area contributed by atoms with Crippen molar-refractivity contribution in [3.8, 4) is 0 Å². The second-order valence-corrected chi connectivity index (χ2v) is 5.95. The molecular formula is C15H23N3OS. The van der Waals surface area contributed by atoms with Crippen molar-refractivity contribution in [3.63, 3.8) is 0 Å². The number of nitrogens with one attached hydrogen (secondary N) is 1. The lowest BCUT2D eigenvalue weighted by atomic mass is 10.3. The van der Waals surface area contributed by atoms with Gasteiger partial charge in [0.1, 0.15) is 0 Å². The predicted molar refractivity (Wildman–Crippen MR) is 85.3 cm³/mol. The molecule has 110 valence electrons. The zero-order valence-corrected chi connectivity index (χ0v) is 12.8. The summed E-state index contributed by atoms with van der Waals surface area (Å²) in [5.41, 5.74) is 0. The van der Waals surface area contributed by atoms with E-state index >= 15 is 0 Å². The second-order valence-electron chi connectivity index (χ2n) is 4.79. The first-order chi connectivity index (χ1) is 9.79. The van der Waals surface area contributed by atoms with E-state index in [0.29, 0.717) is 6.54 Å². The van der Waals surface area contributed by atoms with E-state index < -0.39 is 0 Å². The third-order valence-corrected chi connectivity index (χ3v) is 4.15. The summed E-state index contributed by atoms with van der Waals surface area (Å²) in [6, 6.07) is 10.4. The first-order valence-electron chi connectivity index (χ1n) is 7.18. The minimum atomic E-state index is -0.211. The summed E-state index contributed by atoms with van der Waals surface area (Å²) in [5.74, 6) is 1.90. The van der Waals surface area contributed by atoms with E-state index in [0.717, 1.165) is 37.8 Å². The van der Waals surface area contributed by atoms with Gasteiger partial charge in [0, 0.05) is 30.3 Å². The van der Waals surface area contributed by atoms with Crippen LogP contribution in [0.25, 0.3) is 0 Å². The van der Waals surface area contributed by atoms with Crippen LogP contribution in [0.3, 0.4) is 0 Å². The van der Waals surface area contributed by atoms with Crippen molar-refractivity contribution in [1.82, 2.24) is 10.2 Å². The molecule has 1 atom stereocenters. The Morgan fingerprint density at radius 3 is 2.90 bits per heavy atom. The van der Waals surface area contributed by atoms with E-state index in [9.17, 15) is 5.11 Å². The largest absolute Gasteiger partial charge is 0.391 e. The molecule has 1 aliphatic rings. The van der Waals surface area contributed by atoms with Crippen LogP contribution >= 0.6 is 11.8 Å². The maximum absolute atomic E-state index is 9.61. The van der Waals surface area contributed by atoms with Crippen molar-refractivity contribution in [1.29, 1.82) is 0 Å². The third kappa shape index (κ3) is 4.72. The van der Waals surface area contributed by atoms with Crippen molar-refractivity contribution < 1.29 is 5.11 Å². The number of nitrogens with zero attached hydrogens (tertiary/aromatic N) is 2. The Hall–Kier alpha value is -1.20. The second kappa shape index (κ2) is 8.17. The summed E-state index contributed by atoms with van der Waals surface area (Å²) in [6.45, 7) is 5.29. The summed E-state index contributed by atoms with van der Waals surface area (Å²) in [4.78, 5) is 8.07. The van der Waals surface area contributed by atoms with Gasteiger partial charge < -0.3 is 15.3 Å². The number of thioether (sulfide) groups is 1. The Morgan fingerprint density at radius 1 is 1.45 bits per heavy atom. The number of likely N-dealkylation sites (tertiary alicyclic amines) is 1. The first kappa shape index (κ1) is 15.2. The van der Waals surface area contributed by atoms with Crippen LogP contribution in [0.4, 0.5) is 0 Å². The molecule has 1 saturated heterocycles. The number of β-amino-alcohol motifs (C(OH)–C–C–N with tert-alkyl or cyclic N) is 1. The molecule has 0 radical (unpaired) electrons. The maximum Gasteiger partial charge on any atom is 0.194 e. The van der Waals surface area contributed by atoms with Crippen LogP contribution in [0, 0.1) is 0 Å². The monoisotopic (exact) mass is 293 g/mol. The van der Waals surface area contributed by atoms with Gasteiger partial charge in [-0.1, -0.05) is 18.2 Å². The van der Waals surface area contributed by atoms with Gasteiger partial charge in [0.2, 0.25) is 0 Å². The molecule has 0 spiro atoms. The maximum atomic E-state index is 9.61. The lowest BCUT2D eigenvalue weighted by molar-refractivity contribution is 0.188. The van der Waals surface area contributed by atoms with Gasteiger partial charge in [0.25, 0.3) is 0 Å². The molecule has 5 heteroatoms. The van der Waals surface area contributed by atoms with Gasteiger partial charge in [-0.05, 0) is 25.5 Å². The van der Waals surface area contributed by atoms with Crippen LogP contribution in [-0.4, -0.2) is 54.0 Å². The van der Waals surface area contributed by atoms with E-state index in [1.54, 1.807) is 0 Å². The van der Waals surface area contributed by atoms with Gasteiger partial charge in [0.05, 0.1) is 12.6 Å². The van der Waals surface area contributed by atoms with Crippen molar-refractivity contribution in [2.75, 3.05) is 31.9 Å². The molecule has 1 fully saturated rings. The highest BCUT2D eigenvalue weighted by Crippen LogP contribution is 2.16. The average Bonchev–Trinajstić information content (AvgIpc) is 2.90. The molecule has 2 N–H and O–H groups in total. The molecule has 0 unspecified atom stereocenters. The summed E-state index contributed by atoms with van der Waals surface area (Å²) < 4.78 is 0. The smallest absolute Gasteiger partial charge is 0.194 e. The fourth-order valence-electron chi connectivity index (χ4n) is 2.19. The number of hydrogen-bond donors (Lipinski definition) is 2. The standard InChI is InChI=1S/C15H23N3OS/c1-2-16-15(18-10-8-13(19)12-18)17-9-11-20-14-6-4-3-5-7-14/h3-7,13,19H,2,8-12H2,1H3,(H,16,17)/t13-/m1/s1. The number of benzene rings is 1. The summed E-state index contributed by atoms with van der Waals surface area (Å²) in [7, 11) is 0. The average molecular weight is 293 g/mol. The molecule has 2 rings (SSSR count). The Morgan fingerprint density at radius 2 is 2.25 bits per heavy atom. The SMILES string of the molecule is CCNC(=NCCSc1ccccc1)N1CC[C@@H](O)C1. The minimum Gasteiger partial charge on any atom is -0.391 e. The van der Waals surface area contributed by atoms with Gasteiger partial charge in [0.15, 0.2) is 5.96 Å². The zero-order chi connectivity index (χ0) is 14.2. The Balaban J connectivity index is 1.80. The van der Waals surface area contributed by atoms with Crippen molar-refractivity contribution >= 4 is 17.7 Å². The highest BCUT2D eigenvalue weighted by molar-refractivity contribution is 7.99. The van der Waals surface area contributed by atoms with E-state index in [2.05, 4.69) is 46.4 Å². The van der Waals surface area contributed by atoms with Crippen LogP contribution in [0.5, 0.6) is 0 Å². The summed E-state index contributed by atoms with van der Waals surface area (Å²) in [5, 5.41) is 12.9. The first-order valence-corrected chi connectivity index (χ1v) is 8.17. The van der Waals surface area contributed by atoms with E-state index in [4.69, 9.17) is 0 Å². The van der Waals surface area contributed by atoms with Crippen LogP contribution < -0.4 is 5.32 Å². The summed E-state index contributed by atoms with van der Waals surface area (Å²) in [6.07, 6.45) is 0.626. The normalized spacial score (nSPS) is 19.4. The molecule has 0 bridgehead atoms. The lowest BCUT2D eigenvalue weighted by Crippen LogP contribution is -2.40. The Kier molecular flexibility index (Phi) is 6.21. The summed E-state index contributed by atoms with van der Waals surface area (Å²) >= 11 is 1.82. The number of guanidine groups is 1. The fraction of sp³-hybridized carbons (Fsp3) is 0.533. The van der Waals surface area contributed by atoms with Gasteiger partial charge in [-0.25, -0.2) is 0 Å². The van der Waals surface area contributed by atoms with Crippen LogP contribution in [0.15, 0.2) is 40.2 Å². The molecule has 1 aromatic rings. The van der Waals surface area contributed by atoms with Crippen molar-refractivity contribution in [2.45, 2.75) is 24.3 Å². The van der Waals surface area contributed by atoms with Crippen LogP contribution in [-0.2, 0) is 0 Å². The molecule has 4 nitrogen and oxygen atoms in total.